The maximum atomic E-state index is 6.55. The molecule has 0 amide bonds. The molecule has 1 N–H and O–H groups in total. The van der Waals surface area contributed by atoms with Crippen molar-refractivity contribution in [3.8, 4) is 0 Å². The second-order valence-corrected chi connectivity index (χ2v) is 8.02. The molecule has 0 bridgehead atoms. The van der Waals surface area contributed by atoms with Gasteiger partial charge in [0.2, 0.25) is 0 Å². The molecule has 0 aromatic rings. The van der Waals surface area contributed by atoms with Crippen molar-refractivity contribution in [3.63, 3.8) is 0 Å². The Morgan fingerprint density at radius 3 is 2.37 bits per heavy atom. The summed E-state index contributed by atoms with van der Waals surface area (Å²) in [5.74, 6) is 1.63. The third-order valence-electron chi connectivity index (χ3n) is 5.14. The minimum absolute atomic E-state index is 0.430. The number of hydrogen-bond donors (Lipinski definition) is 1. The zero-order chi connectivity index (χ0) is 14.0. The van der Waals surface area contributed by atoms with Crippen LogP contribution in [0, 0.1) is 17.3 Å². The lowest BCUT2D eigenvalue weighted by atomic mass is 9.71. The Balaban J connectivity index is 1.94. The number of ether oxygens (including phenoxy) is 1. The van der Waals surface area contributed by atoms with E-state index in [0.29, 0.717) is 23.7 Å². The first-order chi connectivity index (χ1) is 8.89. The fourth-order valence-corrected chi connectivity index (χ4v) is 4.42. The van der Waals surface area contributed by atoms with Gasteiger partial charge in [-0.25, -0.2) is 0 Å². The van der Waals surface area contributed by atoms with Crippen LogP contribution >= 0.6 is 0 Å². The van der Waals surface area contributed by atoms with Crippen molar-refractivity contribution in [2.24, 2.45) is 17.3 Å². The highest BCUT2D eigenvalue weighted by Gasteiger charge is 2.36. The number of nitrogens with one attached hydrogen (secondary N) is 1. The molecule has 2 aliphatic carbocycles. The zero-order valence-electron chi connectivity index (χ0n) is 13.5. The fraction of sp³-hybridized carbons (Fsp3) is 1.00. The van der Waals surface area contributed by atoms with Gasteiger partial charge in [-0.3, -0.25) is 0 Å². The van der Waals surface area contributed by atoms with Crippen LogP contribution in [0.25, 0.3) is 0 Å². The van der Waals surface area contributed by atoms with Gasteiger partial charge < -0.3 is 10.1 Å². The smallest absolute Gasteiger partial charge is 0.0734 e. The predicted molar refractivity (Wildman–Crippen MR) is 81.3 cm³/mol. The maximum absolute atomic E-state index is 6.55. The van der Waals surface area contributed by atoms with E-state index in [1.54, 1.807) is 0 Å². The monoisotopic (exact) mass is 267 g/mol. The summed E-state index contributed by atoms with van der Waals surface area (Å²) in [6, 6.07) is 0.566. The van der Waals surface area contributed by atoms with E-state index in [4.69, 9.17) is 4.74 Å². The molecule has 2 nitrogen and oxygen atoms in total. The van der Waals surface area contributed by atoms with Crippen LogP contribution in [0.15, 0.2) is 0 Å². The Bertz CT molecular complexity index is 289. The lowest BCUT2D eigenvalue weighted by Gasteiger charge is -2.43. The van der Waals surface area contributed by atoms with Crippen molar-refractivity contribution >= 4 is 0 Å². The van der Waals surface area contributed by atoms with Crippen LogP contribution in [0.1, 0.15) is 66.2 Å². The van der Waals surface area contributed by atoms with Crippen molar-refractivity contribution in [2.45, 2.75) is 84.5 Å². The summed E-state index contributed by atoms with van der Waals surface area (Å²) in [7, 11) is 2.09. The largest absolute Gasteiger partial charge is 0.373 e. The normalized spacial score (nSPS) is 43.1. The molecule has 0 saturated heterocycles. The standard InChI is InChI=1S/C17H33NO/c1-12-6-7-15(18-5)16(9-12)19-14-8-13(2)10-17(3,4)11-14/h12-16,18H,6-11H2,1-5H3. The molecule has 5 unspecified atom stereocenters. The number of likely N-dealkylation sites (N-methyl/N-ethyl adjacent to an activating group) is 1. The third kappa shape index (κ3) is 4.19. The quantitative estimate of drug-likeness (QED) is 0.834. The molecule has 0 aromatic heterocycles. The highest BCUT2D eigenvalue weighted by atomic mass is 16.5. The van der Waals surface area contributed by atoms with E-state index in [9.17, 15) is 0 Å². The minimum atomic E-state index is 0.430. The summed E-state index contributed by atoms with van der Waals surface area (Å²) in [6.07, 6.45) is 8.60. The molecule has 0 spiro atoms. The van der Waals surface area contributed by atoms with Crippen LogP contribution in [-0.2, 0) is 4.74 Å². The second-order valence-electron chi connectivity index (χ2n) is 8.02. The molecule has 2 saturated carbocycles. The van der Waals surface area contributed by atoms with Gasteiger partial charge in [-0.15, -0.1) is 0 Å². The third-order valence-corrected chi connectivity index (χ3v) is 5.14. The van der Waals surface area contributed by atoms with E-state index in [-0.39, 0.29) is 0 Å². The van der Waals surface area contributed by atoms with Crippen molar-refractivity contribution in [2.75, 3.05) is 7.05 Å². The number of rotatable bonds is 3. The highest BCUT2D eigenvalue weighted by molar-refractivity contribution is 4.88. The Morgan fingerprint density at radius 2 is 1.74 bits per heavy atom. The first-order valence-corrected chi connectivity index (χ1v) is 8.22. The summed E-state index contributed by atoms with van der Waals surface area (Å²) in [6.45, 7) is 9.56. The van der Waals surface area contributed by atoms with Crippen molar-refractivity contribution in [1.29, 1.82) is 0 Å². The molecule has 2 aliphatic rings. The van der Waals surface area contributed by atoms with Crippen LogP contribution in [0.3, 0.4) is 0 Å². The summed E-state index contributed by atoms with van der Waals surface area (Å²) < 4.78 is 6.55. The van der Waals surface area contributed by atoms with Gasteiger partial charge >= 0.3 is 0 Å². The summed E-state index contributed by atoms with van der Waals surface area (Å²) >= 11 is 0. The molecule has 0 heterocycles. The van der Waals surface area contributed by atoms with Gasteiger partial charge in [0.25, 0.3) is 0 Å². The molecule has 19 heavy (non-hydrogen) atoms. The van der Waals surface area contributed by atoms with E-state index in [1.165, 1.54) is 38.5 Å². The average molecular weight is 267 g/mol. The zero-order valence-corrected chi connectivity index (χ0v) is 13.5. The highest BCUT2D eigenvalue weighted by Crippen LogP contribution is 2.41. The second kappa shape index (κ2) is 6.13. The van der Waals surface area contributed by atoms with Crippen LogP contribution in [0.5, 0.6) is 0 Å². The number of hydrogen-bond acceptors (Lipinski definition) is 2. The summed E-state index contributed by atoms with van der Waals surface area (Å²) in [4.78, 5) is 0. The lowest BCUT2D eigenvalue weighted by molar-refractivity contribution is -0.0929. The Hall–Kier alpha value is -0.0800. The molecular formula is C17H33NO. The van der Waals surface area contributed by atoms with Crippen LogP contribution in [0.2, 0.25) is 0 Å². The topological polar surface area (TPSA) is 21.3 Å². The van der Waals surface area contributed by atoms with Gasteiger partial charge in [-0.1, -0.05) is 27.7 Å². The molecular weight excluding hydrogens is 234 g/mol. The molecule has 0 radical (unpaired) electrons. The molecule has 2 heteroatoms. The first-order valence-electron chi connectivity index (χ1n) is 8.22. The molecule has 112 valence electrons. The Kier molecular flexibility index (Phi) is 4.94. The van der Waals surface area contributed by atoms with E-state index >= 15 is 0 Å². The predicted octanol–water partition coefficient (Wildman–Crippen LogP) is 3.99. The van der Waals surface area contributed by atoms with Crippen LogP contribution in [0.4, 0.5) is 0 Å². The minimum Gasteiger partial charge on any atom is -0.373 e. The SMILES string of the molecule is CNC1CCC(C)CC1OC1CC(C)CC(C)(C)C1. The molecule has 0 aromatic carbocycles. The lowest BCUT2D eigenvalue weighted by Crippen LogP contribution is -2.46. The molecule has 2 rings (SSSR count). The molecule has 0 aliphatic heterocycles. The van der Waals surface area contributed by atoms with Gasteiger partial charge in [0.1, 0.15) is 0 Å². The van der Waals surface area contributed by atoms with Gasteiger partial charge in [0, 0.05) is 6.04 Å². The van der Waals surface area contributed by atoms with E-state index < -0.39 is 0 Å². The summed E-state index contributed by atoms with van der Waals surface area (Å²) in [5.41, 5.74) is 0.456. The maximum Gasteiger partial charge on any atom is 0.0734 e. The van der Waals surface area contributed by atoms with Crippen molar-refractivity contribution < 1.29 is 4.74 Å². The van der Waals surface area contributed by atoms with E-state index in [0.717, 1.165) is 11.8 Å². The fourth-order valence-electron chi connectivity index (χ4n) is 4.42. The summed E-state index contributed by atoms with van der Waals surface area (Å²) in [5, 5.41) is 3.47. The van der Waals surface area contributed by atoms with Crippen molar-refractivity contribution in [3.05, 3.63) is 0 Å². The van der Waals surface area contributed by atoms with Gasteiger partial charge in [-0.05, 0) is 62.8 Å². The van der Waals surface area contributed by atoms with Crippen LogP contribution in [-0.4, -0.2) is 25.3 Å². The van der Waals surface area contributed by atoms with Gasteiger partial charge in [-0.2, -0.15) is 0 Å². The Labute approximate surface area is 119 Å². The first kappa shape index (κ1) is 15.3. The van der Waals surface area contributed by atoms with E-state index in [1.807, 2.05) is 0 Å². The van der Waals surface area contributed by atoms with Crippen LogP contribution < -0.4 is 5.32 Å². The molecule has 5 atom stereocenters. The average Bonchev–Trinajstić information content (AvgIpc) is 2.26. The van der Waals surface area contributed by atoms with Gasteiger partial charge in [0.05, 0.1) is 12.2 Å². The Morgan fingerprint density at radius 1 is 1.00 bits per heavy atom. The van der Waals surface area contributed by atoms with E-state index in [2.05, 4.69) is 40.1 Å². The van der Waals surface area contributed by atoms with Crippen molar-refractivity contribution in [1.82, 2.24) is 5.32 Å². The van der Waals surface area contributed by atoms with Gasteiger partial charge in [0.15, 0.2) is 0 Å². The molecule has 2 fully saturated rings.